The van der Waals surface area contributed by atoms with Crippen molar-refractivity contribution in [2.75, 3.05) is 26.2 Å². The van der Waals surface area contributed by atoms with Gasteiger partial charge in [-0.1, -0.05) is 13.8 Å². The summed E-state index contributed by atoms with van der Waals surface area (Å²) >= 11 is 0. The summed E-state index contributed by atoms with van der Waals surface area (Å²) in [7, 11) is 0. The summed E-state index contributed by atoms with van der Waals surface area (Å²) in [5, 5.41) is 4.43. The van der Waals surface area contributed by atoms with Gasteiger partial charge in [0.1, 0.15) is 0 Å². The molecule has 2 aliphatic rings. The molecule has 8 heteroatoms. The van der Waals surface area contributed by atoms with Crippen molar-refractivity contribution in [2.45, 2.75) is 52.1 Å². The molecule has 0 spiro atoms. The van der Waals surface area contributed by atoms with E-state index in [4.69, 9.17) is 0 Å². The predicted octanol–water partition coefficient (Wildman–Crippen LogP) is 2.21. The number of hydrogen-bond acceptors (Lipinski definition) is 5. The number of nitrogens with zero attached hydrogens (tertiary/aromatic N) is 5. The third kappa shape index (κ3) is 4.17. The van der Waals surface area contributed by atoms with Crippen molar-refractivity contribution in [1.29, 1.82) is 0 Å². The van der Waals surface area contributed by atoms with Crippen molar-refractivity contribution in [3.63, 3.8) is 0 Å². The second kappa shape index (κ2) is 8.33. The van der Waals surface area contributed by atoms with E-state index in [2.05, 4.69) is 52.8 Å². The number of aromatic nitrogens is 4. The molecule has 0 amide bonds. The summed E-state index contributed by atoms with van der Waals surface area (Å²) in [6.45, 7) is 12.1. The average molecular weight is 437 g/mol. The lowest BCUT2D eigenvalue weighted by molar-refractivity contribution is 0.0702. The normalized spacial score (nSPS) is 20.4. The van der Waals surface area contributed by atoms with Crippen LogP contribution in [-0.2, 0) is 6.54 Å². The van der Waals surface area contributed by atoms with Crippen LogP contribution in [0.25, 0.3) is 11.2 Å². The van der Waals surface area contributed by atoms with Gasteiger partial charge in [0.2, 0.25) is 0 Å². The van der Waals surface area contributed by atoms with E-state index in [9.17, 15) is 9.59 Å². The molecule has 0 unspecified atom stereocenters. The van der Waals surface area contributed by atoms with Crippen LogP contribution >= 0.6 is 0 Å². The summed E-state index contributed by atoms with van der Waals surface area (Å²) in [4.78, 5) is 32.3. The molecule has 0 aromatic carbocycles. The molecule has 170 valence electrons. The highest BCUT2D eigenvalue weighted by atomic mass is 16.2. The molecule has 8 nitrogen and oxygen atoms in total. The third-order valence-corrected chi connectivity index (χ3v) is 6.67. The van der Waals surface area contributed by atoms with E-state index >= 15 is 0 Å². The SMILES string of the molecule is CC(C)CN1CCN(Cc2ccn3ncc(-n4cc(C5CC5)c(=O)[nH]c4=O)c3c2)C[C@@H]1C. The first-order valence-corrected chi connectivity index (χ1v) is 11.7. The highest BCUT2D eigenvalue weighted by Gasteiger charge is 2.28. The first kappa shape index (κ1) is 21.2. The molecule has 3 aromatic heterocycles. The lowest BCUT2D eigenvalue weighted by Gasteiger charge is -2.40. The number of hydrogen-bond donors (Lipinski definition) is 1. The van der Waals surface area contributed by atoms with Gasteiger partial charge in [0.15, 0.2) is 0 Å². The Morgan fingerprint density at radius 2 is 2.03 bits per heavy atom. The van der Waals surface area contributed by atoms with Gasteiger partial charge in [-0.15, -0.1) is 0 Å². The number of H-pyrrole nitrogens is 1. The monoisotopic (exact) mass is 436 g/mol. The number of pyridine rings is 1. The van der Waals surface area contributed by atoms with Crippen LogP contribution in [0.15, 0.2) is 40.3 Å². The van der Waals surface area contributed by atoms with Gasteiger partial charge in [-0.2, -0.15) is 5.10 Å². The van der Waals surface area contributed by atoms with Crippen LogP contribution in [0.5, 0.6) is 0 Å². The Morgan fingerprint density at radius 3 is 2.75 bits per heavy atom. The quantitative estimate of drug-likeness (QED) is 0.641. The molecule has 0 bridgehead atoms. The van der Waals surface area contributed by atoms with Gasteiger partial charge in [-0.05, 0) is 49.3 Å². The minimum absolute atomic E-state index is 0.263. The average Bonchev–Trinajstić information content (AvgIpc) is 3.50. The Bertz CT molecular complexity index is 1240. The lowest BCUT2D eigenvalue weighted by atomic mass is 10.1. The fourth-order valence-corrected chi connectivity index (χ4v) is 4.86. The van der Waals surface area contributed by atoms with E-state index in [1.165, 1.54) is 10.1 Å². The standard InChI is InChI=1S/C24H32N6O2/c1-16(2)12-28-9-8-27(13-17(28)3)14-18-6-7-30-21(10-18)22(11-25-30)29-15-20(19-4-5-19)23(31)26-24(29)32/h6-7,10-11,15-17,19H,4-5,8-9,12-14H2,1-3H3,(H,26,31,32)/t17-/m0/s1. The van der Waals surface area contributed by atoms with Crippen molar-refractivity contribution in [2.24, 2.45) is 5.92 Å². The zero-order chi connectivity index (χ0) is 22.4. The zero-order valence-electron chi connectivity index (χ0n) is 19.1. The molecule has 5 rings (SSSR count). The number of rotatable bonds is 6. The largest absolute Gasteiger partial charge is 0.333 e. The molecular formula is C24H32N6O2. The van der Waals surface area contributed by atoms with Gasteiger partial charge in [-0.25, -0.2) is 9.31 Å². The number of piperazine rings is 1. The van der Waals surface area contributed by atoms with Crippen molar-refractivity contribution in [3.05, 3.63) is 62.7 Å². The minimum atomic E-state index is -0.421. The summed E-state index contributed by atoms with van der Waals surface area (Å²) in [5.41, 5.74) is 2.76. The molecule has 4 heterocycles. The Morgan fingerprint density at radius 1 is 1.22 bits per heavy atom. The van der Waals surface area contributed by atoms with E-state index in [-0.39, 0.29) is 11.5 Å². The fourth-order valence-electron chi connectivity index (χ4n) is 4.86. The molecule has 1 N–H and O–H groups in total. The van der Waals surface area contributed by atoms with Gasteiger partial charge < -0.3 is 0 Å². The van der Waals surface area contributed by atoms with Gasteiger partial charge in [0.05, 0.1) is 17.4 Å². The molecule has 1 atom stereocenters. The summed E-state index contributed by atoms with van der Waals surface area (Å²) < 4.78 is 3.32. The second-order valence-electron chi connectivity index (χ2n) is 9.86. The molecule has 1 saturated heterocycles. The van der Waals surface area contributed by atoms with Crippen molar-refractivity contribution < 1.29 is 0 Å². The van der Waals surface area contributed by atoms with E-state index < -0.39 is 5.69 Å². The summed E-state index contributed by atoms with van der Waals surface area (Å²) in [6.07, 6.45) is 7.36. The maximum Gasteiger partial charge on any atom is 0.333 e. The van der Waals surface area contributed by atoms with Crippen molar-refractivity contribution in [3.8, 4) is 5.69 Å². The van der Waals surface area contributed by atoms with Crippen LogP contribution < -0.4 is 11.2 Å². The van der Waals surface area contributed by atoms with Gasteiger partial charge in [0, 0.05) is 56.7 Å². The maximum absolute atomic E-state index is 12.6. The van der Waals surface area contributed by atoms with Crippen LogP contribution in [0, 0.1) is 5.92 Å². The Kier molecular flexibility index (Phi) is 5.51. The fraction of sp³-hybridized carbons (Fsp3) is 0.542. The van der Waals surface area contributed by atoms with E-state index in [1.807, 2.05) is 6.20 Å². The Balaban J connectivity index is 1.40. The number of aromatic amines is 1. The minimum Gasteiger partial charge on any atom is -0.298 e. The number of fused-ring (bicyclic) bond motifs is 1. The zero-order valence-corrected chi connectivity index (χ0v) is 19.1. The Labute approximate surface area is 187 Å². The molecule has 32 heavy (non-hydrogen) atoms. The predicted molar refractivity (Wildman–Crippen MR) is 125 cm³/mol. The van der Waals surface area contributed by atoms with Crippen molar-refractivity contribution >= 4 is 5.52 Å². The summed E-state index contributed by atoms with van der Waals surface area (Å²) in [5.74, 6) is 0.947. The third-order valence-electron chi connectivity index (χ3n) is 6.67. The highest BCUT2D eigenvalue weighted by Crippen LogP contribution is 2.38. The second-order valence-corrected chi connectivity index (χ2v) is 9.86. The van der Waals surface area contributed by atoms with Gasteiger partial charge in [0.25, 0.3) is 5.56 Å². The smallest absolute Gasteiger partial charge is 0.298 e. The Hall–Kier alpha value is -2.71. The van der Waals surface area contributed by atoms with Crippen LogP contribution in [0.3, 0.4) is 0 Å². The van der Waals surface area contributed by atoms with Gasteiger partial charge >= 0.3 is 5.69 Å². The van der Waals surface area contributed by atoms with E-state index in [0.717, 1.165) is 51.1 Å². The van der Waals surface area contributed by atoms with Crippen LogP contribution in [0.2, 0.25) is 0 Å². The molecule has 2 fully saturated rings. The highest BCUT2D eigenvalue weighted by molar-refractivity contribution is 5.64. The molecular weight excluding hydrogens is 404 g/mol. The maximum atomic E-state index is 12.6. The van der Waals surface area contributed by atoms with Crippen LogP contribution in [0.1, 0.15) is 50.7 Å². The summed E-state index contributed by atoms with van der Waals surface area (Å²) in [6, 6.07) is 4.75. The number of nitrogens with one attached hydrogen (secondary N) is 1. The van der Waals surface area contributed by atoms with E-state index in [0.29, 0.717) is 23.2 Å². The lowest BCUT2D eigenvalue weighted by Crippen LogP contribution is -2.52. The van der Waals surface area contributed by atoms with Crippen molar-refractivity contribution in [1.82, 2.24) is 29.0 Å². The first-order valence-electron chi connectivity index (χ1n) is 11.7. The van der Waals surface area contributed by atoms with Crippen LogP contribution in [-0.4, -0.2) is 61.2 Å². The first-order chi connectivity index (χ1) is 15.4. The molecule has 1 saturated carbocycles. The molecule has 0 radical (unpaired) electrons. The molecule has 1 aliphatic carbocycles. The van der Waals surface area contributed by atoms with Gasteiger partial charge in [-0.3, -0.25) is 24.1 Å². The van der Waals surface area contributed by atoms with Crippen LogP contribution in [0.4, 0.5) is 0 Å². The van der Waals surface area contributed by atoms with E-state index in [1.54, 1.807) is 16.9 Å². The molecule has 1 aliphatic heterocycles. The topological polar surface area (TPSA) is 78.6 Å². The molecule has 3 aromatic rings.